The Kier molecular flexibility index (Phi) is 4.00. The van der Waals surface area contributed by atoms with E-state index in [2.05, 4.69) is 31.0 Å². The smallest absolute Gasteiger partial charge is 0.129 e. The van der Waals surface area contributed by atoms with Crippen molar-refractivity contribution in [2.24, 2.45) is 0 Å². The molecule has 18 heavy (non-hydrogen) atoms. The Morgan fingerprint density at radius 1 is 1.22 bits per heavy atom. The van der Waals surface area contributed by atoms with E-state index in [1.165, 1.54) is 16.7 Å². The Morgan fingerprint density at radius 2 is 1.89 bits per heavy atom. The Morgan fingerprint density at radius 3 is 2.50 bits per heavy atom. The second-order valence-electron chi connectivity index (χ2n) is 4.50. The summed E-state index contributed by atoms with van der Waals surface area (Å²) >= 11 is 5.83. The number of aliphatic hydroxyl groups is 1. The summed E-state index contributed by atoms with van der Waals surface area (Å²) in [5.41, 5.74) is 4.40. The lowest BCUT2D eigenvalue weighted by Crippen LogP contribution is -2.05. The lowest BCUT2D eigenvalue weighted by molar-refractivity contribution is 0.178. The zero-order chi connectivity index (χ0) is 13.1. The summed E-state index contributed by atoms with van der Waals surface area (Å²) in [5.74, 6) is 0. The Balaban J connectivity index is 2.24. The highest BCUT2D eigenvalue weighted by Gasteiger charge is 2.12. The number of nitrogens with zero attached hydrogens (tertiary/aromatic N) is 1. The van der Waals surface area contributed by atoms with Crippen LogP contribution in [0.1, 0.15) is 28.4 Å². The van der Waals surface area contributed by atoms with Crippen molar-refractivity contribution in [3.63, 3.8) is 0 Å². The fourth-order valence-electron chi connectivity index (χ4n) is 2.11. The number of halogens is 1. The molecule has 1 unspecified atom stereocenters. The SMILES string of the molecule is Cc1cccc(C)c1CC(O)c1ccnc(Cl)c1. The fourth-order valence-corrected chi connectivity index (χ4v) is 2.29. The third kappa shape index (κ3) is 2.89. The van der Waals surface area contributed by atoms with Crippen LogP contribution in [0.5, 0.6) is 0 Å². The van der Waals surface area contributed by atoms with Gasteiger partial charge in [-0.15, -0.1) is 0 Å². The number of benzene rings is 1. The van der Waals surface area contributed by atoms with Crippen molar-refractivity contribution in [2.45, 2.75) is 26.4 Å². The van der Waals surface area contributed by atoms with Gasteiger partial charge in [-0.25, -0.2) is 4.98 Å². The number of hydrogen-bond acceptors (Lipinski definition) is 2. The zero-order valence-corrected chi connectivity index (χ0v) is 11.3. The predicted octanol–water partition coefficient (Wildman–Crippen LogP) is 3.63. The fraction of sp³-hybridized carbons (Fsp3) is 0.267. The summed E-state index contributed by atoms with van der Waals surface area (Å²) in [7, 11) is 0. The molecule has 2 aromatic rings. The highest BCUT2D eigenvalue weighted by molar-refractivity contribution is 6.29. The van der Waals surface area contributed by atoms with E-state index >= 15 is 0 Å². The molecule has 1 heterocycles. The molecule has 1 N–H and O–H groups in total. The van der Waals surface area contributed by atoms with Crippen molar-refractivity contribution >= 4 is 11.6 Å². The van der Waals surface area contributed by atoms with Gasteiger partial charge in [0.1, 0.15) is 5.15 Å². The Labute approximate surface area is 112 Å². The van der Waals surface area contributed by atoms with Gasteiger partial charge in [0, 0.05) is 12.6 Å². The molecule has 2 rings (SSSR count). The van der Waals surface area contributed by atoms with E-state index in [9.17, 15) is 5.11 Å². The summed E-state index contributed by atoms with van der Waals surface area (Å²) < 4.78 is 0. The molecule has 94 valence electrons. The van der Waals surface area contributed by atoms with Crippen LogP contribution in [0.3, 0.4) is 0 Å². The summed E-state index contributed by atoms with van der Waals surface area (Å²) in [6.07, 6.45) is 1.66. The average Bonchev–Trinajstić information content (AvgIpc) is 2.34. The largest absolute Gasteiger partial charge is 0.388 e. The summed E-state index contributed by atoms with van der Waals surface area (Å²) in [4.78, 5) is 3.92. The maximum Gasteiger partial charge on any atom is 0.129 e. The minimum absolute atomic E-state index is 0.410. The first-order chi connectivity index (χ1) is 8.58. The highest BCUT2D eigenvalue weighted by atomic mass is 35.5. The van der Waals surface area contributed by atoms with Crippen LogP contribution < -0.4 is 0 Å². The minimum Gasteiger partial charge on any atom is -0.388 e. The van der Waals surface area contributed by atoms with Crippen LogP contribution in [0.25, 0.3) is 0 Å². The summed E-state index contributed by atoms with van der Waals surface area (Å²) in [5, 5.41) is 10.7. The molecule has 0 aliphatic carbocycles. The molecular formula is C15H16ClNO. The third-order valence-corrected chi connectivity index (χ3v) is 3.38. The maximum absolute atomic E-state index is 10.3. The second-order valence-corrected chi connectivity index (χ2v) is 4.89. The van der Waals surface area contributed by atoms with Crippen LogP contribution in [0.2, 0.25) is 5.15 Å². The molecule has 0 bridgehead atoms. The van der Waals surface area contributed by atoms with Gasteiger partial charge >= 0.3 is 0 Å². The van der Waals surface area contributed by atoms with Gasteiger partial charge in [-0.3, -0.25) is 0 Å². The Hall–Kier alpha value is -1.38. The maximum atomic E-state index is 10.3. The van der Waals surface area contributed by atoms with Crippen LogP contribution >= 0.6 is 11.6 Å². The van der Waals surface area contributed by atoms with E-state index in [0.29, 0.717) is 11.6 Å². The number of hydrogen-bond donors (Lipinski definition) is 1. The predicted molar refractivity (Wildman–Crippen MR) is 73.8 cm³/mol. The van der Waals surface area contributed by atoms with E-state index in [1.54, 1.807) is 18.3 Å². The van der Waals surface area contributed by atoms with Gasteiger partial charge in [-0.05, 0) is 48.2 Å². The first-order valence-corrected chi connectivity index (χ1v) is 6.30. The molecule has 2 nitrogen and oxygen atoms in total. The van der Waals surface area contributed by atoms with Crippen molar-refractivity contribution in [2.75, 3.05) is 0 Å². The molecular weight excluding hydrogens is 246 g/mol. The van der Waals surface area contributed by atoms with Gasteiger partial charge in [0.15, 0.2) is 0 Å². The van der Waals surface area contributed by atoms with Crippen molar-refractivity contribution in [1.29, 1.82) is 0 Å². The van der Waals surface area contributed by atoms with Crippen molar-refractivity contribution in [3.05, 3.63) is 63.9 Å². The van der Waals surface area contributed by atoms with Gasteiger partial charge in [-0.1, -0.05) is 29.8 Å². The first-order valence-electron chi connectivity index (χ1n) is 5.92. The molecule has 0 fully saturated rings. The van der Waals surface area contributed by atoms with E-state index in [1.807, 2.05) is 6.07 Å². The molecule has 0 saturated carbocycles. The topological polar surface area (TPSA) is 33.1 Å². The molecule has 0 saturated heterocycles. The lowest BCUT2D eigenvalue weighted by atomic mass is 9.95. The van der Waals surface area contributed by atoms with Gasteiger partial charge in [0.2, 0.25) is 0 Å². The number of aromatic nitrogens is 1. The molecule has 1 atom stereocenters. The summed E-state index contributed by atoms with van der Waals surface area (Å²) in [6, 6.07) is 9.66. The van der Waals surface area contributed by atoms with Crippen molar-refractivity contribution in [3.8, 4) is 0 Å². The molecule has 0 aliphatic heterocycles. The second kappa shape index (κ2) is 5.51. The monoisotopic (exact) mass is 261 g/mol. The molecule has 0 radical (unpaired) electrons. The lowest BCUT2D eigenvalue weighted by Gasteiger charge is -2.15. The quantitative estimate of drug-likeness (QED) is 0.856. The number of pyridine rings is 1. The van der Waals surface area contributed by atoms with Gasteiger partial charge in [0.25, 0.3) is 0 Å². The zero-order valence-electron chi connectivity index (χ0n) is 10.5. The highest BCUT2D eigenvalue weighted by Crippen LogP contribution is 2.23. The molecule has 1 aromatic heterocycles. The number of aliphatic hydroxyl groups excluding tert-OH is 1. The molecule has 0 aliphatic rings. The van der Waals surface area contributed by atoms with E-state index in [-0.39, 0.29) is 0 Å². The Bertz CT molecular complexity index is 534. The number of aryl methyl sites for hydroxylation is 2. The van der Waals surface area contributed by atoms with E-state index < -0.39 is 6.10 Å². The van der Waals surface area contributed by atoms with Crippen LogP contribution in [-0.2, 0) is 6.42 Å². The van der Waals surface area contributed by atoms with Crippen molar-refractivity contribution < 1.29 is 5.11 Å². The average molecular weight is 262 g/mol. The normalized spacial score (nSPS) is 12.4. The third-order valence-electron chi connectivity index (χ3n) is 3.18. The standard InChI is InChI=1S/C15H16ClNO/c1-10-4-3-5-11(2)13(10)9-14(18)12-6-7-17-15(16)8-12/h3-8,14,18H,9H2,1-2H3. The molecule has 1 aromatic carbocycles. The molecule has 0 spiro atoms. The number of rotatable bonds is 3. The molecule has 0 amide bonds. The van der Waals surface area contributed by atoms with E-state index in [4.69, 9.17) is 11.6 Å². The first kappa shape index (κ1) is 13.1. The minimum atomic E-state index is -0.551. The van der Waals surface area contributed by atoms with E-state index in [0.717, 1.165) is 5.56 Å². The summed E-state index contributed by atoms with van der Waals surface area (Å²) in [6.45, 7) is 4.13. The van der Waals surface area contributed by atoms with Gasteiger partial charge < -0.3 is 5.11 Å². The van der Waals surface area contributed by atoms with Crippen LogP contribution in [-0.4, -0.2) is 10.1 Å². The van der Waals surface area contributed by atoms with Crippen LogP contribution in [0.15, 0.2) is 36.5 Å². The van der Waals surface area contributed by atoms with Crippen LogP contribution in [0.4, 0.5) is 0 Å². The molecule has 3 heteroatoms. The van der Waals surface area contributed by atoms with Crippen LogP contribution in [0, 0.1) is 13.8 Å². The van der Waals surface area contributed by atoms with Gasteiger partial charge in [0.05, 0.1) is 6.10 Å². The van der Waals surface area contributed by atoms with Gasteiger partial charge in [-0.2, -0.15) is 0 Å². The van der Waals surface area contributed by atoms with Crippen molar-refractivity contribution in [1.82, 2.24) is 4.98 Å².